The summed E-state index contributed by atoms with van der Waals surface area (Å²) in [5, 5.41) is 6.19. The molecule has 0 aliphatic heterocycles. The van der Waals surface area contributed by atoms with Crippen LogP contribution in [0.4, 0.5) is 0 Å². The average molecular weight is 255 g/mol. The van der Waals surface area contributed by atoms with E-state index in [0.29, 0.717) is 12.1 Å². The van der Waals surface area contributed by atoms with Gasteiger partial charge in [-0.25, -0.2) is 0 Å². The minimum Gasteiger partial charge on any atom is -0.328 e. The maximum atomic E-state index is 5.94. The first-order valence-electron chi connectivity index (χ1n) is 7.13. The van der Waals surface area contributed by atoms with Crippen LogP contribution in [0.5, 0.6) is 0 Å². The maximum absolute atomic E-state index is 5.94. The summed E-state index contributed by atoms with van der Waals surface area (Å²) in [4.78, 5) is 4.18. The fourth-order valence-corrected chi connectivity index (χ4v) is 2.92. The zero-order chi connectivity index (χ0) is 13.1. The second-order valence-corrected chi connectivity index (χ2v) is 5.51. The van der Waals surface area contributed by atoms with E-state index in [1.807, 2.05) is 12.4 Å². The SMILES string of the molecule is NC1CCC(NCc2cccc3cnccc23)CC1. The van der Waals surface area contributed by atoms with Crippen molar-refractivity contribution in [3.05, 3.63) is 42.2 Å². The summed E-state index contributed by atoms with van der Waals surface area (Å²) in [5.41, 5.74) is 7.30. The third-order valence-corrected chi connectivity index (χ3v) is 4.12. The molecular formula is C16H21N3. The van der Waals surface area contributed by atoms with Gasteiger partial charge in [0.2, 0.25) is 0 Å². The van der Waals surface area contributed by atoms with Crippen LogP contribution in [0, 0.1) is 0 Å². The number of nitrogens with two attached hydrogens (primary N) is 1. The molecule has 1 fully saturated rings. The van der Waals surface area contributed by atoms with Crippen LogP contribution >= 0.6 is 0 Å². The van der Waals surface area contributed by atoms with E-state index in [9.17, 15) is 0 Å². The lowest BCUT2D eigenvalue weighted by atomic mass is 9.91. The van der Waals surface area contributed by atoms with E-state index >= 15 is 0 Å². The van der Waals surface area contributed by atoms with Gasteiger partial charge in [-0.3, -0.25) is 4.98 Å². The molecule has 1 aromatic heterocycles. The number of hydrogen-bond donors (Lipinski definition) is 2. The van der Waals surface area contributed by atoms with E-state index < -0.39 is 0 Å². The molecule has 1 aliphatic carbocycles. The minimum absolute atomic E-state index is 0.418. The molecule has 0 spiro atoms. The fraction of sp³-hybridized carbons (Fsp3) is 0.438. The maximum Gasteiger partial charge on any atom is 0.0346 e. The van der Waals surface area contributed by atoms with Gasteiger partial charge in [0.15, 0.2) is 0 Å². The minimum atomic E-state index is 0.418. The van der Waals surface area contributed by atoms with E-state index in [4.69, 9.17) is 5.73 Å². The van der Waals surface area contributed by atoms with Gasteiger partial charge in [-0.05, 0) is 42.7 Å². The highest BCUT2D eigenvalue weighted by molar-refractivity contribution is 5.84. The molecule has 1 aromatic carbocycles. The number of pyridine rings is 1. The van der Waals surface area contributed by atoms with E-state index in [2.05, 4.69) is 34.6 Å². The molecule has 0 unspecified atom stereocenters. The summed E-state index contributed by atoms with van der Waals surface area (Å²) in [6, 6.07) is 9.56. The van der Waals surface area contributed by atoms with Gasteiger partial charge in [-0.15, -0.1) is 0 Å². The van der Waals surface area contributed by atoms with Gasteiger partial charge in [-0.1, -0.05) is 18.2 Å². The first-order chi connectivity index (χ1) is 9.33. The third kappa shape index (κ3) is 2.94. The van der Waals surface area contributed by atoms with Gasteiger partial charge in [0.1, 0.15) is 0 Å². The molecule has 100 valence electrons. The molecule has 0 amide bonds. The quantitative estimate of drug-likeness (QED) is 0.886. The summed E-state index contributed by atoms with van der Waals surface area (Å²) < 4.78 is 0. The molecule has 3 heteroatoms. The monoisotopic (exact) mass is 255 g/mol. The lowest BCUT2D eigenvalue weighted by Gasteiger charge is -2.27. The van der Waals surface area contributed by atoms with E-state index in [-0.39, 0.29) is 0 Å². The van der Waals surface area contributed by atoms with Crippen LogP contribution in [0.15, 0.2) is 36.7 Å². The fourth-order valence-electron chi connectivity index (χ4n) is 2.92. The Bertz CT molecular complexity index is 539. The molecule has 0 atom stereocenters. The van der Waals surface area contributed by atoms with Crippen LogP contribution in [0.1, 0.15) is 31.2 Å². The Morgan fingerprint density at radius 2 is 2.00 bits per heavy atom. The van der Waals surface area contributed by atoms with Crippen molar-refractivity contribution in [2.24, 2.45) is 5.73 Å². The number of benzene rings is 1. The standard InChI is InChI=1S/C16H21N3/c17-14-4-6-15(7-5-14)19-11-13-3-1-2-12-10-18-9-8-16(12)13/h1-3,8-10,14-15,19H,4-7,11,17H2. The number of nitrogens with one attached hydrogen (secondary N) is 1. The van der Waals surface area contributed by atoms with Crippen molar-refractivity contribution in [3.63, 3.8) is 0 Å². The number of rotatable bonds is 3. The molecule has 1 heterocycles. The van der Waals surface area contributed by atoms with Crippen LogP contribution in [-0.4, -0.2) is 17.1 Å². The molecule has 3 N–H and O–H groups in total. The Morgan fingerprint density at radius 3 is 2.84 bits per heavy atom. The summed E-state index contributed by atoms with van der Waals surface area (Å²) in [5.74, 6) is 0. The predicted molar refractivity (Wildman–Crippen MR) is 78.8 cm³/mol. The summed E-state index contributed by atoms with van der Waals surface area (Å²) >= 11 is 0. The molecule has 0 radical (unpaired) electrons. The lowest BCUT2D eigenvalue weighted by Crippen LogP contribution is -2.37. The number of fused-ring (bicyclic) bond motifs is 1. The Balaban J connectivity index is 1.68. The molecule has 3 nitrogen and oxygen atoms in total. The van der Waals surface area contributed by atoms with Gasteiger partial charge in [0, 0.05) is 36.4 Å². The van der Waals surface area contributed by atoms with Crippen molar-refractivity contribution >= 4 is 10.8 Å². The van der Waals surface area contributed by atoms with Crippen LogP contribution in [0.3, 0.4) is 0 Å². The highest BCUT2D eigenvalue weighted by Gasteiger charge is 2.17. The Labute approximate surface area is 114 Å². The first kappa shape index (κ1) is 12.6. The molecule has 19 heavy (non-hydrogen) atoms. The van der Waals surface area contributed by atoms with E-state index in [1.165, 1.54) is 29.2 Å². The van der Waals surface area contributed by atoms with Gasteiger partial charge in [0.05, 0.1) is 0 Å². The van der Waals surface area contributed by atoms with Crippen molar-refractivity contribution < 1.29 is 0 Å². The summed E-state index contributed by atoms with van der Waals surface area (Å²) in [7, 11) is 0. The zero-order valence-electron chi connectivity index (χ0n) is 11.2. The van der Waals surface area contributed by atoms with Gasteiger partial charge in [-0.2, -0.15) is 0 Å². The largest absolute Gasteiger partial charge is 0.328 e. The molecule has 2 aromatic rings. The Hall–Kier alpha value is -1.45. The lowest BCUT2D eigenvalue weighted by molar-refractivity contribution is 0.342. The summed E-state index contributed by atoms with van der Waals surface area (Å²) in [6.07, 6.45) is 8.50. The zero-order valence-corrected chi connectivity index (χ0v) is 11.2. The second-order valence-electron chi connectivity index (χ2n) is 5.51. The molecule has 0 bridgehead atoms. The Kier molecular flexibility index (Phi) is 3.76. The van der Waals surface area contributed by atoms with E-state index in [0.717, 1.165) is 19.4 Å². The number of aromatic nitrogens is 1. The Morgan fingerprint density at radius 1 is 1.16 bits per heavy atom. The molecule has 1 saturated carbocycles. The van der Waals surface area contributed by atoms with Gasteiger partial charge in [0.25, 0.3) is 0 Å². The smallest absolute Gasteiger partial charge is 0.0346 e. The average Bonchev–Trinajstić information content (AvgIpc) is 2.47. The van der Waals surface area contributed by atoms with Crippen LogP contribution < -0.4 is 11.1 Å². The van der Waals surface area contributed by atoms with Crippen LogP contribution in [0.2, 0.25) is 0 Å². The third-order valence-electron chi connectivity index (χ3n) is 4.12. The summed E-state index contributed by atoms with van der Waals surface area (Å²) in [6.45, 7) is 0.932. The molecular weight excluding hydrogens is 234 g/mol. The molecule has 1 aliphatic rings. The second kappa shape index (κ2) is 5.68. The molecule has 3 rings (SSSR count). The number of nitrogens with zero attached hydrogens (tertiary/aromatic N) is 1. The van der Waals surface area contributed by atoms with Gasteiger partial charge >= 0.3 is 0 Å². The van der Waals surface area contributed by atoms with Crippen molar-refractivity contribution in [1.82, 2.24) is 10.3 Å². The number of hydrogen-bond acceptors (Lipinski definition) is 3. The first-order valence-corrected chi connectivity index (χ1v) is 7.13. The van der Waals surface area contributed by atoms with Crippen molar-refractivity contribution in [1.29, 1.82) is 0 Å². The van der Waals surface area contributed by atoms with Crippen molar-refractivity contribution in [3.8, 4) is 0 Å². The van der Waals surface area contributed by atoms with Crippen molar-refractivity contribution in [2.45, 2.75) is 44.3 Å². The van der Waals surface area contributed by atoms with Crippen molar-refractivity contribution in [2.75, 3.05) is 0 Å². The highest BCUT2D eigenvalue weighted by atomic mass is 14.9. The van der Waals surface area contributed by atoms with Crippen LogP contribution in [-0.2, 0) is 6.54 Å². The van der Waals surface area contributed by atoms with Crippen LogP contribution in [0.25, 0.3) is 10.8 Å². The predicted octanol–water partition coefficient (Wildman–Crippen LogP) is 2.59. The topological polar surface area (TPSA) is 50.9 Å². The van der Waals surface area contributed by atoms with E-state index in [1.54, 1.807) is 0 Å². The highest BCUT2D eigenvalue weighted by Crippen LogP contribution is 2.20. The normalized spacial score (nSPS) is 23.6. The molecule has 0 saturated heterocycles. The van der Waals surface area contributed by atoms with Gasteiger partial charge < -0.3 is 11.1 Å².